The van der Waals surface area contributed by atoms with Gasteiger partial charge in [-0.2, -0.15) is 5.10 Å². The van der Waals surface area contributed by atoms with Crippen LogP contribution in [0.1, 0.15) is 12.5 Å². The first-order chi connectivity index (χ1) is 14.0. The molecule has 0 spiro atoms. The van der Waals surface area contributed by atoms with E-state index < -0.39 is 5.56 Å². The molecule has 29 heavy (non-hydrogen) atoms. The summed E-state index contributed by atoms with van der Waals surface area (Å²) >= 11 is 0. The standard InChI is InChI=1S/C22H20N4O3/c1-15(27)23-19-13-18(16-7-3-2-4-8-16)24-26(22(19)29)14-21(28)25-12-11-17-9-5-6-10-20(17)25/h2-10,13H,11-12,14H2,1H3,(H,23,27). The van der Waals surface area contributed by atoms with Crippen LogP contribution >= 0.6 is 0 Å². The van der Waals surface area contributed by atoms with Crippen LogP contribution in [0.25, 0.3) is 11.3 Å². The van der Waals surface area contributed by atoms with Gasteiger partial charge in [-0.1, -0.05) is 48.5 Å². The fourth-order valence-electron chi connectivity index (χ4n) is 3.49. The van der Waals surface area contributed by atoms with Crippen LogP contribution < -0.4 is 15.8 Å². The molecule has 0 saturated heterocycles. The lowest BCUT2D eigenvalue weighted by Gasteiger charge is -2.18. The summed E-state index contributed by atoms with van der Waals surface area (Å²) in [4.78, 5) is 39.0. The molecule has 7 nitrogen and oxygen atoms in total. The minimum Gasteiger partial charge on any atom is -0.322 e. The predicted molar refractivity (Wildman–Crippen MR) is 111 cm³/mol. The SMILES string of the molecule is CC(=O)Nc1cc(-c2ccccc2)nn(CC(=O)N2CCc3ccccc32)c1=O. The van der Waals surface area contributed by atoms with Crippen molar-refractivity contribution in [1.82, 2.24) is 9.78 Å². The molecule has 1 aliphatic rings. The van der Waals surface area contributed by atoms with E-state index in [2.05, 4.69) is 10.4 Å². The number of hydrogen-bond acceptors (Lipinski definition) is 4. The third kappa shape index (κ3) is 3.80. The molecule has 0 bridgehead atoms. The highest BCUT2D eigenvalue weighted by atomic mass is 16.2. The van der Waals surface area contributed by atoms with Gasteiger partial charge in [0.25, 0.3) is 5.56 Å². The van der Waals surface area contributed by atoms with Crippen LogP contribution in [0.5, 0.6) is 0 Å². The number of rotatable bonds is 4. The van der Waals surface area contributed by atoms with Gasteiger partial charge in [-0.15, -0.1) is 0 Å². The summed E-state index contributed by atoms with van der Waals surface area (Å²) in [6, 6.07) is 18.6. The molecule has 3 aromatic rings. The molecule has 1 aliphatic heterocycles. The van der Waals surface area contributed by atoms with Crippen molar-refractivity contribution in [3.63, 3.8) is 0 Å². The normalized spacial score (nSPS) is 12.5. The molecular formula is C22H20N4O3. The van der Waals surface area contributed by atoms with Crippen LogP contribution in [0.15, 0.2) is 65.5 Å². The van der Waals surface area contributed by atoms with Gasteiger partial charge in [-0.05, 0) is 24.1 Å². The van der Waals surface area contributed by atoms with Crippen molar-refractivity contribution in [2.24, 2.45) is 0 Å². The third-order valence-electron chi connectivity index (χ3n) is 4.83. The fraction of sp³-hybridized carbons (Fsp3) is 0.182. The van der Waals surface area contributed by atoms with Crippen molar-refractivity contribution in [2.75, 3.05) is 16.8 Å². The van der Waals surface area contributed by atoms with Crippen molar-refractivity contribution in [3.8, 4) is 11.3 Å². The summed E-state index contributed by atoms with van der Waals surface area (Å²) in [5.74, 6) is -0.581. The van der Waals surface area contributed by atoms with Gasteiger partial charge in [0.1, 0.15) is 12.2 Å². The summed E-state index contributed by atoms with van der Waals surface area (Å²) in [6.07, 6.45) is 0.783. The summed E-state index contributed by atoms with van der Waals surface area (Å²) in [5.41, 5.74) is 2.85. The van der Waals surface area contributed by atoms with Gasteiger partial charge in [0.2, 0.25) is 11.8 Å². The maximum atomic E-state index is 12.9. The maximum absolute atomic E-state index is 12.9. The number of amides is 2. The zero-order chi connectivity index (χ0) is 20.4. The minimum absolute atomic E-state index is 0.0981. The molecular weight excluding hydrogens is 368 g/mol. The average molecular weight is 388 g/mol. The molecule has 1 N–H and O–H groups in total. The number of para-hydroxylation sites is 1. The predicted octanol–water partition coefficient (Wildman–Crippen LogP) is 2.46. The van der Waals surface area contributed by atoms with E-state index in [9.17, 15) is 14.4 Å². The molecule has 4 rings (SSSR count). The van der Waals surface area contributed by atoms with Gasteiger partial charge in [0.15, 0.2) is 0 Å². The Morgan fingerprint density at radius 2 is 1.79 bits per heavy atom. The minimum atomic E-state index is -0.513. The van der Waals surface area contributed by atoms with Gasteiger partial charge in [0, 0.05) is 24.7 Å². The van der Waals surface area contributed by atoms with Crippen LogP contribution in [-0.2, 0) is 22.6 Å². The van der Waals surface area contributed by atoms with Crippen molar-refractivity contribution < 1.29 is 9.59 Å². The van der Waals surface area contributed by atoms with E-state index in [1.165, 1.54) is 13.0 Å². The van der Waals surface area contributed by atoms with Crippen LogP contribution in [-0.4, -0.2) is 28.1 Å². The number of carbonyl (C=O) groups excluding carboxylic acids is 2. The Labute approximate surface area is 167 Å². The molecule has 0 unspecified atom stereocenters. The van der Waals surface area contributed by atoms with Gasteiger partial charge >= 0.3 is 0 Å². The zero-order valence-electron chi connectivity index (χ0n) is 16.0. The molecule has 2 aromatic carbocycles. The summed E-state index contributed by atoms with van der Waals surface area (Å²) < 4.78 is 1.12. The van der Waals surface area contributed by atoms with Crippen LogP contribution in [0.2, 0.25) is 0 Å². The first-order valence-corrected chi connectivity index (χ1v) is 9.36. The highest BCUT2D eigenvalue weighted by Crippen LogP contribution is 2.27. The second-order valence-electron chi connectivity index (χ2n) is 6.88. The molecule has 0 fully saturated rings. The largest absolute Gasteiger partial charge is 0.322 e. The number of hydrogen-bond donors (Lipinski definition) is 1. The zero-order valence-corrected chi connectivity index (χ0v) is 16.0. The highest BCUT2D eigenvalue weighted by molar-refractivity contribution is 5.95. The molecule has 146 valence electrons. The second kappa shape index (κ2) is 7.71. The monoisotopic (exact) mass is 388 g/mol. The molecule has 0 saturated carbocycles. The van der Waals surface area contributed by atoms with Crippen LogP contribution in [0.3, 0.4) is 0 Å². The van der Waals surface area contributed by atoms with Gasteiger partial charge < -0.3 is 10.2 Å². The Hall–Kier alpha value is -3.74. The number of anilines is 2. The van der Waals surface area contributed by atoms with Crippen molar-refractivity contribution in [1.29, 1.82) is 0 Å². The van der Waals surface area contributed by atoms with Gasteiger partial charge in [0.05, 0.1) is 5.69 Å². The molecule has 2 heterocycles. The Kier molecular flexibility index (Phi) is 4.95. The van der Waals surface area contributed by atoms with Gasteiger partial charge in [-0.25, -0.2) is 4.68 Å². The number of carbonyl (C=O) groups is 2. The Balaban J connectivity index is 1.70. The second-order valence-corrected chi connectivity index (χ2v) is 6.88. The Morgan fingerprint density at radius 1 is 1.07 bits per heavy atom. The molecule has 0 radical (unpaired) electrons. The fourth-order valence-corrected chi connectivity index (χ4v) is 3.49. The lowest BCUT2D eigenvalue weighted by Crippen LogP contribution is -2.37. The summed E-state index contributed by atoms with van der Waals surface area (Å²) in [6.45, 7) is 1.70. The van der Waals surface area contributed by atoms with E-state index in [0.29, 0.717) is 12.2 Å². The summed E-state index contributed by atoms with van der Waals surface area (Å²) in [7, 11) is 0. The smallest absolute Gasteiger partial charge is 0.291 e. The first-order valence-electron chi connectivity index (χ1n) is 9.36. The van der Waals surface area contributed by atoms with Crippen molar-refractivity contribution in [3.05, 3.63) is 76.6 Å². The van der Waals surface area contributed by atoms with Crippen molar-refractivity contribution >= 4 is 23.2 Å². The molecule has 2 amide bonds. The average Bonchev–Trinajstić information content (AvgIpc) is 3.15. The third-order valence-corrected chi connectivity index (χ3v) is 4.83. The number of fused-ring (bicyclic) bond motifs is 1. The molecule has 1 aromatic heterocycles. The van der Waals surface area contributed by atoms with E-state index >= 15 is 0 Å². The number of nitrogens with zero attached hydrogens (tertiary/aromatic N) is 3. The van der Waals surface area contributed by atoms with Gasteiger partial charge in [-0.3, -0.25) is 14.4 Å². The topological polar surface area (TPSA) is 84.3 Å². The van der Waals surface area contributed by atoms with Crippen LogP contribution in [0, 0.1) is 0 Å². The molecule has 0 atom stereocenters. The number of benzene rings is 2. The number of aromatic nitrogens is 2. The lowest BCUT2D eigenvalue weighted by atomic mass is 10.1. The van der Waals surface area contributed by atoms with E-state index in [1.807, 2.05) is 54.6 Å². The molecule has 0 aliphatic carbocycles. The van der Waals surface area contributed by atoms with E-state index in [0.717, 1.165) is 27.9 Å². The highest BCUT2D eigenvalue weighted by Gasteiger charge is 2.25. The van der Waals surface area contributed by atoms with Crippen molar-refractivity contribution in [2.45, 2.75) is 19.9 Å². The van der Waals surface area contributed by atoms with E-state index in [1.54, 1.807) is 4.90 Å². The lowest BCUT2D eigenvalue weighted by molar-refractivity contribution is -0.119. The van der Waals surface area contributed by atoms with E-state index in [4.69, 9.17) is 0 Å². The maximum Gasteiger partial charge on any atom is 0.291 e. The first kappa shape index (κ1) is 18.6. The summed E-state index contributed by atoms with van der Waals surface area (Å²) in [5, 5.41) is 6.93. The van der Waals surface area contributed by atoms with Crippen LogP contribution in [0.4, 0.5) is 11.4 Å². The van der Waals surface area contributed by atoms with E-state index in [-0.39, 0.29) is 24.0 Å². The Bertz CT molecular complexity index is 1140. The quantitative estimate of drug-likeness (QED) is 0.744. The molecule has 7 heteroatoms. The number of nitrogens with one attached hydrogen (secondary N) is 1. The Morgan fingerprint density at radius 3 is 2.55 bits per heavy atom.